The predicted octanol–water partition coefficient (Wildman–Crippen LogP) is 3.67. The zero-order valence-corrected chi connectivity index (χ0v) is 13.3. The first-order valence-electron chi connectivity index (χ1n) is 7.27. The Kier molecular flexibility index (Phi) is 4.77. The second-order valence-electron chi connectivity index (χ2n) is 5.12. The number of hydrogen-bond donors (Lipinski definition) is 2. The van der Waals surface area contributed by atoms with Crippen LogP contribution in [0.25, 0.3) is 11.4 Å². The maximum atomic E-state index is 11.9. The lowest BCUT2D eigenvalue weighted by atomic mass is 10.2. The molecule has 3 rings (SSSR count). The summed E-state index contributed by atoms with van der Waals surface area (Å²) in [4.78, 5) is 16.2. The van der Waals surface area contributed by atoms with Gasteiger partial charge in [0.2, 0.25) is 17.6 Å². The molecule has 0 aliphatic rings. The lowest BCUT2D eigenvalue weighted by molar-refractivity contribution is -0.116. The summed E-state index contributed by atoms with van der Waals surface area (Å²) in [5.74, 6) is 0.727. The smallest absolute Gasteiger partial charge is 0.227 e. The molecule has 24 heavy (non-hydrogen) atoms. The fourth-order valence-electron chi connectivity index (χ4n) is 2.10. The van der Waals surface area contributed by atoms with Gasteiger partial charge in [-0.1, -0.05) is 22.8 Å². The largest absolute Gasteiger partial charge is 0.508 e. The molecule has 1 aromatic heterocycles. The first kappa shape index (κ1) is 16.0. The van der Waals surface area contributed by atoms with Crippen molar-refractivity contribution in [2.24, 2.45) is 0 Å². The van der Waals surface area contributed by atoms with E-state index in [9.17, 15) is 9.90 Å². The number of aryl methyl sites for hydroxylation is 1. The van der Waals surface area contributed by atoms with Crippen LogP contribution in [0, 0.1) is 0 Å². The number of aromatic hydroxyl groups is 1. The molecule has 0 atom stereocenters. The molecule has 0 saturated carbocycles. The zero-order chi connectivity index (χ0) is 16.9. The summed E-state index contributed by atoms with van der Waals surface area (Å²) in [6.45, 7) is 0. The number of phenolic OH excluding ortho intramolecular Hbond substituents is 1. The first-order chi connectivity index (χ1) is 11.6. The minimum Gasteiger partial charge on any atom is -0.508 e. The van der Waals surface area contributed by atoms with Crippen molar-refractivity contribution >= 4 is 23.2 Å². The molecule has 7 heteroatoms. The van der Waals surface area contributed by atoms with E-state index < -0.39 is 0 Å². The van der Waals surface area contributed by atoms with Gasteiger partial charge in [-0.25, -0.2) is 0 Å². The molecule has 0 radical (unpaired) electrons. The number of benzene rings is 2. The number of hydrogen-bond acceptors (Lipinski definition) is 5. The number of carbonyl (C=O) groups is 1. The van der Waals surface area contributed by atoms with Crippen molar-refractivity contribution in [3.05, 3.63) is 59.4 Å². The summed E-state index contributed by atoms with van der Waals surface area (Å²) in [5.41, 5.74) is 1.32. The van der Waals surface area contributed by atoms with Crippen molar-refractivity contribution in [2.75, 3.05) is 5.32 Å². The molecule has 2 aromatic carbocycles. The molecule has 0 spiro atoms. The van der Waals surface area contributed by atoms with E-state index >= 15 is 0 Å². The van der Waals surface area contributed by atoms with E-state index in [0.29, 0.717) is 28.8 Å². The van der Waals surface area contributed by atoms with Crippen LogP contribution in [0.1, 0.15) is 12.3 Å². The van der Waals surface area contributed by atoms with Crippen LogP contribution < -0.4 is 5.32 Å². The Morgan fingerprint density at radius 2 is 2.00 bits per heavy atom. The molecular weight excluding hydrogens is 330 g/mol. The molecule has 0 aliphatic carbocycles. The summed E-state index contributed by atoms with van der Waals surface area (Å²) in [6, 6.07) is 13.4. The highest BCUT2D eigenvalue weighted by Gasteiger charge is 2.11. The molecule has 0 aliphatic heterocycles. The van der Waals surface area contributed by atoms with Crippen molar-refractivity contribution in [1.82, 2.24) is 10.1 Å². The highest BCUT2D eigenvalue weighted by molar-refractivity contribution is 6.30. The lowest BCUT2D eigenvalue weighted by Gasteiger charge is -2.04. The number of nitrogens with one attached hydrogen (secondary N) is 1. The van der Waals surface area contributed by atoms with Crippen LogP contribution in [-0.4, -0.2) is 21.2 Å². The van der Waals surface area contributed by atoms with Crippen molar-refractivity contribution in [1.29, 1.82) is 0 Å². The second kappa shape index (κ2) is 7.14. The quantitative estimate of drug-likeness (QED) is 0.738. The third kappa shape index (κ3) is 4.11. The Balaban J connectivity index is 1.57. The van der Waals surface area contributed by atoms with Crippen molar-refractivity contribution < 1.29 is 14.4 Å². The minimum absolute atomic E-state index is 0.0947. The van der Waals surface area contributed by atoms with Gasteiger partial charge in [-0.3, -0.25) is 4.79 Å². The van der Waals surface area contributed by atoms with Crippen molar-refractivity contribution in [2.45, 2.75) is 12.8 Å². The highest BCUT2D eigenvalue weighted by Crippen LogP contribution is 2.19. The van der Waals surface area contributed by atoms with Crippen LogP contribution in [-0.2, 0) is 11.2 Å². The fraction of sp³-hybridized carbons (Fsp3) is 0.118. The van der Waals surface area contributed by atoms with E-state index in [4.69, 9.17) is 16.1 Å². The third-order valence-electron chi connectivity index (χ3n) is 3.27. The van der Waals surface area contributed by atoms with Gasteiger partial charge in [-0.05, 0) is 36.4 Å². The van der Waals surface area contributed by atoms with Gasteiger partial charge in [0.05, 0.1) is 0 Å². The summed E-state index contributed by atoms with van der Waals surface area (Å²) >= 11 is 5.84. The predicted molar refractivity (Wildman–Crippen MR) is 89.8 cm³/mol. The molecule has 2 N–H and O–H groups in total. The number of phenols is 1. The normalized spacial score (nSPS) is 10.5. The monoisotopic (exact) mass is 343 g/mol. The molecule has 0 bridgehead atoms. The number of amides is 1. The van der Waals surface area contributed by atoms with Gasteiger partial charge in [0.25, 0.3) is 0 Å². The first-order valence-corrected chi connectivity index (χ1v) is 7.65. The lowest BCUT2D eigenvalue weighted by Crippen LogP contribution is -2.12. The molecular formula is C17H14ClN3O3. The number of carbonyl (C=O) groups excluding carboxylic acids is 1. The van der Waals surface area contributed by atoms with Crippen LogP contribution in [0.15, 0.2) is 53.1 Å². The van der Waals surface area contributed by atoms with Gasteiger partial charge in [0.15, 0.2) is 0 Å². The Morgan fingerprint density at radius 1 is 1.21 bits per heavy atom. The third-order valence-corrected chi connectivity index (χ3v) is 3.52. The van der Waals surface area contributed by atoms with E-state index in [1.54, 1.807) is 36.4 Å². The Morgan fingerprint density at radius 3 is 2.75 bits per heavy atom. The van der Waals surface area contributed by atoms with Crippen LogP contribution >= 0.6 is 11.6 Å². The maximum absolute atomic E-state index is 11.9. The van der Waals surface area contributed by atoms with Crippen molar-refractivity contribution in [3.8, 4) is 17.1 Å². The number of halogens is 1. The van der Waals surface area contributed by atoms with E-state index in [1.807, 2.05) is 0 Å². The van der Waals surface area contributed by atoms with Gasteiger partial charge in [0, 0.05) is 35.2 Å². The summed E-state index contributed by atoms with van der Waals surface area (Å²) in [7, 11) is 0. The highest BCUT2D eigenvalue weighted by atomic mass is 35.5. The summed E-state index contributed by atoms with van der Waals surface area (Å²) < 4.78 is 5.15. The Bertz CT molecular complexity index is 846. The van der Waals surface area contributed by atoms with Gasteiger partial charge < -0.3 is 14.9 Å². The summed E-state index contributed by atoms with van der Waals surface area (Å²) in [6.07, 6.45) is 0.517. The average Bonchev–Trinajstić information content (AvgIpc) is 3.03. The van der Waals surface area contributed by atoms with Gasteiger partial charge >= 0.3 is 0 Å². The minimum atomic E-state index is -0.202. The Labute approximate surface area is 143 Å². The molecule has 1 heterocycles. The number of nitrogens with zero attached hydrogens (tertiary/aromatic N) is 2. The standard InChI is InChI=1S/C17H14ClN3O3/c18-12-6-4-11(5-7-12)17-20-16(24-21-17)9-8-15(23)19-13-2-1-3-14(22)10-13/h1-7,10,22H,8-9H2,(H,19,23). The van der Waals surface area contributed by atoms with Crippen LogP contribution in [0.3, 0.4) is 0 Å². The van der Waals surface area contributed by atoms with E-state index in [2.05, 4.69) is 15.5 Å². The van der Waals surface area contributed by atoms with E-state index in [-0.39, 0.29) is 18.1 Å². The molecule has 0 saturated heterocycles. The molecule has 0 fully saturated rings. The molecule has 6 nitrogen and oxygen atoms in total. The van der Waals surface area contributed by atoms with Gasteiger partial charge in [-0.2, -0.15) is 4.98 Å². The number of rotatable bonds is 5. The molecule has 1 amide bonds. The number of anilines is 1. The van der Waals surface area contributed by atoms with Gasteiger partial charge in [0.1, 0.15) is 5.75 Å². The summed E-state index contributed by atoms with van der Waals surface area (Å²) in [5, 5.41) is 16.6. The van der Waals surface area contributed by atoms with Crippen LogP contribution in [0.2, 0.25) is 5.02 Å². The molecule has 122 valence electrons. The zero-order valence-electron chi connectivity index (χ0n) is 12.6. The molecule has 3 aromatic rings. The van der Waals surface area contributed by atoms with Gasteiger partial charge in [-0.15, -0.1) is 0 Å². The average molecular weight is 344 g/mol. The Hall–Kier alpha value is -2.86. The second-order valence-corrected chi connectivity index (χ2v) is 5.55. The number of aromatic nitrogens is 2. The van der Waals surface area contributed by atoms with Crippen molar-refractivity contribution in [3.63, 3.8) is 0 Å². The van der Waals surface area contributed by atoms with Crippen LogP contribution in [0.4, 0.5) is 5.69 Å². The topological polar surface area (TPSA) is 88.2 Å². The fourth-order valence-corrected chi connectivity index (χ4v) is 2.23. The molecule has 0 unspecified atom stereocenters. The van der Waals surface area contributed by atoms with E-state index in [1.165, 1.54) is 12.1 Å². The SMILES string of the molecule is O=C(CCc1nc(-c2ccc(Cl)cc2)no1)Nc1cccc(O)c1. The van der Waals surface area contributed by atoms with E-state index in [0.717, 1.165) is 5.56 Å². The van der Waals surface area contributed by atoms with Crippen LogP contribution in [0.5, 0.6) is 5.75 Å². The maximum Gasteiger partial charge on any atom is 0.227 e.